The maximum atomic E-state index is 12.8. The first-order valence-corrected chi connectivity index (χ1v) is 8.47. The Hall–Kier alpha value is -2.75. The lowest BCUT2D eigenvalue weighted by Crippen LogP contribution is -2.23. The van der Waals surface area contributed by atoms with E-state index in [-0.39, 0.29) is 11.0 Å². The lowest BCUT2D eigenvalue weighted by atomic mass is 9.86. The van der Waals surface area contributed by atoms with E-state index < -0.39 is 0 Å². The van der Waals surface area contributed by atoms with Gasteiger partial charge in [0.05, 0.1) is 6.54 Å². The molecular weight excluding hydrogens is 312 g/mol. The SMILES string of the molecule is CC(C)(C)c1ccc2ccn(CCOc3ccc(N)cc3)c(=O)c2c1. The number of hydrogen-bond acceptors (Lipinski definition) is 3. The monoisotopic (exact) mass is 336 g/mol. The Balaban J connectivity index is 1.80. The highest BCUT2D eigenvalue weighted by Crippen LogP contribution is 2.24. The Morgan fingerprint density at radius 3 is 2.44 bits per heavy atom. The second-order valence-electron chi connectivity index (χ2n) is 7.28. The summed E-state index contributed by atoms with van der Waals surface area (Å²) in [4.78, 5) is 12.8. The molecule has 0 fully saturated rings. The molecule has 1 heterocycles. The van der Waals surface area contributed by atoms with Gasteiger partial charge in [0.1, 0.15) is 12.4 Å². The normalized spacial score (nSPS) is 11.6. The number of fused-ring (bicyclic) bond motifs is 1. The molecule has 0 atom stereocenters. The van der Waals surface area contributed by atoms with E-state index in [0.717, 1.165) is 22.1 Å². The maximum Gasteiger partial charge on any atom is 0.258 e. The number of aromatic nitrogens is 1. The first-order chi connectivity index (χ1) is 11.8. The summed E-state index contributed by atoms with van der Waals surface area (Å²) in [6.45, 7) is 7.37. The van der Waals surface area contributed by atoms with E-state index in [4.69, 9.17) is 10.5 Å². The molecule has 4 nitrogen and oxygen atoms in total. The summed E-state index contributed by atoms with van der Waals surface area (Å²) in [7, 11) is 0. The van der Waals surface area contributed by atoms with E-state index in [2.05, 4.69) is 26.8 Å². The van der Waals surface area contributed by atoms with E-state index in [1.165, 1.54) is 0 Å². The predicted octanol–water partition coefficient (Wildman–Crippen LogP) is 3.96. The minimum Gasteiger partial charge on any atom is -0.492 e. The van der Waals surface area contributed by atoms with Crippen molar-refractivity contribution in [3.8, 4) is 5.75 Å². The number of rotatable bonds is 4. The van der Waals surface area contributed by atoms with Gasteiger partial charge in [-0.1, -0.05) is 32.9 Å². The standard InChI is InChI=1S/C21H24N2O2/c1-21(2,3)16-5-4-15-10-11-23(20(24)19(15)14-16)12-13-25-18-8-6-17(22)7-9-18/h4-11,14H,12-13,22H2,1-3H3. The average Bonchev–Trinajstić information content (AvgIpc) is 2.57. The van der Waals surface area contributed by atoms with Crippen LogP contribution in [0.3, 0.4) is 0 Å². The summed E-state index contributed by atoms with van der Waals surface area (Å²) < 4.78 is 7.40. The third kappa shape index (κ3) is 3.85. The summed E-state index contributed by atoms with van der Waals surface area (Å²) in [5.74, 6) is 0.748. The first kappa shape index (κ1) is 17.1. The molecule has 25 heavy (non-hydrogen) atoms. The fourth-order valence-electron chi connectivity index (χ4n) is 2.75. The van der Waals surface area contributed by atoms with Gasteiger partial charge in [-0.05, 0) is 52.8 Å². The van der Waals surface area contributed by atoms with Gasteiger partial charge in [0.2, 0.25) is 0 Å². The van der Waals surface area contributed by atoms with Crippen molar-refractivity contribution >= 4 is 16.5 Å². The van der Waals surface area contributed by atoms with Crippen LogP contribution in [0.4, 0.5) is 5.69 Å². The molecule has 3 aromatic rings. The molecule has 0 aliphatic heterocycles. The Kier molecular flexibility index (Phi) is 4.53. The zero-order valence-corrected chi connectivity index (χ0v) is 15.0. The lowest BCUT2D eigenvalue weighted by Gasteiger charge is -2.19. The van der Waals surface area contributed by atoms with Crippen LogP contribution in [0.5, 0.6) is 5.75 Å². The molecule has 4 heteroatoms. The number of ether oxygens (including phenoxy) is 1. The summed E-state index contributed by atoms with van der Waals surface area (Å²) in [5.41, 5.74) is 7.55. The summed E-state index contributed by atoms with van der Waals surface area (Å²) in [5, 5.41) is 1.72. The van der Waals surface area contributed by atoms with E-state index in [9.17, 15) is 4.79 Å². The van der Waals surface area contributed by atoms with Gasteiger partial charge in [0.25, 0.3) is 5.56 Å². The minimum absolute atomic E-state index is 0.0135. The quantitative estimate of drug-likeness (QED) is 0.734. The molecule has 0 aliphatic rings. The average molecular weight is 336 g/mol. The van der Waals surface area contributed by atoms with Crippen molar-refractivity contribution in [2.24, 2.45) is 0 Å². The topological polar surface area (TPSA) is 57.2 Å². The predicted molar refractivity (Wildman–Crippen MR) is 103 cm³/mol. The molecule has 2 aromatic carbocycles. The summed E-state index contributed by atoms with van der Waals surface area (Å²) >= 11 is 0. The van der Waals surface area contributed by atoms with Gasteiger partial charge in [-0.15, -0.1) is 0 Å². The molecule has 0 spiro atoms. The van der Waals surface area contributed by atoms with Gasteiger partial charge in [-0.2, -0.15) is 0 Å². The summed E-state index contributed by atoms with van der Waals surface area (Å²) in [6.07, 6.45) is 1.83. The van der Waals surface area contributed by atoms with Gasteiger partial charge in [0, 0.05) is 17.3 Å². The molecule has 130 valence electrons. The lowest BCUT2D eigenvalue weighted by molar-refractivity contribution is 0.297. The fraction of sp³-hybridized carbons (Fsp3) is 0.286. The highest BCUT2D eigenvalue weighted by Gasteiger charge is 2.15. The number of benzene rings is 2. The van der Waals surface area contributed by atoms with Gasteiger partial charge < -0.3 is 15.0 Å². The molecule has 0 aliphatic carbocycles. The van der Waals surface area contributed by atoms with E-state index in [1.54, 1.807) is 16.7 Å². The highest BCUT2D eigenvalue weighted by atomic mass is 16.5. The van der Waals surface area contributed by atoms with Crippen molar-refractivity contribution in [1.29, 1.82) is 0 Å². The van der Waals surface area contributed by atoms with Crippen molar-refractivity contribution in [2.75, 3.05) is 12.3 Å². The molecule has 0 radical (unpaired) electrons. The van der Waals surface area contributed by atoms with E-state index in [0.29, 0.717) is 18.8 Å². The second-order valence-corrected chi connectivity index (χ2v) is 7.28. The maximum absolute atomic E-state index is 12.8. The molecule has 1 aromatic heterocycles. The molecule has 0 bridgehead atoms. The zero-order valence-electron chi connectivity index (χ0n) is 15.0. The van der Waals surface area contributed by atoms with Gasteiger partial charge in [-0.25, -0.2) is 0 Å². The van der Waals surface area contributed by atoms with Gasteiger partial charge in [-0.3, -0.25) is 4.79 Å². The van der Waals surface area contributed by atoms with Crippen LogP contribution in [0.2, 0.25) is 0 Å². The third-order valence-electron chi connectivity index (χ3n) is 4.33. The number of nitrogens with two attached hydrogens (primary N) is 1. The van der Waals surface area contributed by atoms with Crippen molar-refractivity contribution in [3.05, 3.63) is 70.6 Å². The zero-order chi connectivity index (χ0) is 18.0. The van der Waals surface area contributed by atoms with Crippen molar-refractivity contribution in [3.63, 3.8) is 0 Å². The molecular formula is C21H24N2O2. The minimum atomic E-state index is 0.0135. The van der Waals surface area contributed by atoms with Crippen LogP contribution in [0.15, 0.2) is 59.5 Å². The van der Waals surface area contributed by atoms with Crippen molar-refractivity contribution in [2.45, 2.75) is 32.7 Å². The van der Waals surface area contributed by atoms with Crippen LogP contribution in [0, 0.1) is 0 Å². The molecule has 0 amide bonds. The highest BCUT2D eigenvalue weighted by molar-refractivity contribution is 5.82. The van der Waals surface area contributed by atoms with E-state index >= 15 is 0 Å². The number of pyridine rings is 1. The van der Waals surface area contributed by atoms with Crippen LogP contribution in [0.1, 0.15) is 26.3 Å². The van der Waals surface area contributed by atoms with Gasteiger partial charge >= 0.3 is 0 Å². The number of nitrogens with zero attached hydrogens (tertiary/aromatic N) is 1. The second kappa shape index (κ2) is 6.63. The number of anilines is 1. The van der Waals surface area contributed by atoms with Crippen molar-refractivity contribution < 1.29 is 4.74 Å². The Morgan fingerprint density at radius 2 is 1.76 bits per heavy atom. The largest absolute Gasteiger partial charge is 0.492 e. The summed E-state index contributed by atoms with van der Waals surface area (Å²) in [6, 6.07) is 15.4. The molecule has 3 rings (SSSR count). The molecule has 0 saturated heterocycles. The first-order valence-electron chi connectivity index (χ1n) is 8.47. The van der Waals surface area contributed by atoms with Gasteiger partial charge in [0.15, 0.2) is 0 Å². The molecule has 0 unspecified atom stereocenters. The van der Waals surface area contributed by atoms with Crippen LogP contribution in [0.25, 0.3) is 10.8 Å². The smallest absolute Gasteiger partial charge is 0.258 e. The Morgan fingerprint density at radius 1 is 1.04 bits per heavy atom. The van der Waals surface area contributed by atoms with Crippen LogP contribution in [-0.2, 0) is 12.0 Å². The van der Waals surface area contributed by atoms with Crippen LogP contribution >= 0.6 is 0 Å². The Labute approximate surface area is 147 Å². The van der Waals surface area contributed by atoms with Crippen molar-refractivity contribution in [1.82, 2.24) is 4.57 Å². The number of hydrogen-bond donors (Lipinski definition) is 1. The third-order valence-corrected chi connectivity index (χ3v) is 4.33. The van der Waals surface area contributed by atoms with Crippen LogP contribution in [-0.4, -0.2) is 11.2 Å². The van der Waals surface area contributed by atoms with E-state index in [1.807, 2.05) is 36.5 Å². The Bertz CT molecular complexity index is 935. The van der Waals surface area contributed by atoms with Crippen LogP contribution < -0.4 is 16.0 Å². The number of nitrogen functional groups attached to an aromatic ring is 1. The fourth-order valence-corrected chi connectivity index (χ4v) is 2.75. The molecule has 2 N–H and O–H groups in total. The molecule has 0 saturated carbocycles.